The third-order valence-corrected chi connectivity index (χ3v) is 5.30. The number of benzene rings is 3. The third-order valence-electron chi connectivity index (χ3n) is 5.30. The maximum atomic E-state index is 12.9. The van der Waals surface area contributed by atoms with Gasteiger partial charge in [-0.15, -0.1) is 0 Å². The predicted molar refractivity (Wildman–Crippen MR) is 106 cm³/mol. The van der Waals surface area contributed by atoms with E-state index in [0.29, 0.717) is 5.75 Å². The van der Waals surface area contributed by atoms with Crippen molar-refractivity contribution in [3.05, 3.63) is 83.9 Å². The molecule has 3 aromatic rings. The first-order valence-corrected chi connectivity index (χ1v) is 9.07. The van der Waals surface area contributed by atoms with Crippen LogP contribution in [0.5, 0.6) is 11.5 Å². The second-order valence-electron chi connectivity index (χ2n) is 7.41. The second kappa shape index (κ2) is 6.58. The minimum Gasteiger partial charge on any atom is -0.497 e. The van der Waals surface area contributed by atoms with Crippen LogP contribution in [0.25, 0.3) is 11.1 Å². The van der Waals surface area contributed by atoms with E-state index in [0.717, 1.165) is 28.0 Å². The standard InChI is InChI=1S/C24H22O3/c1-24(2)21(17-12-8-5-9-13-17)20-15-18(26-3)14-19(22(20)27-23(24)25)16-10-6-4-7-11-16/h4-15,21H,1-3H3. The van der Waals surface area contributed by atoms with E-state index in [1.54, 1.807) is 7.11 Å². The Balaban J connectivity index is 2.01. The van der Waals surface area contributed by atoms with Crippen LogP contribution >= 0.6 is 0 Å². The van der Waals surface area contributed by atoms with Crippen LogP contribution in [0.2, 0.25) is 0 Å². The molecular formula is C24H22O3. The molecule has 0 N–H and O–H groups in total. The molecule has 1 aliphatic heterocycles. The Morgan fingerprint density at radius 2 is 1.56 bits per heavy atom. The van der Waals surface area contributed by atoms with Gasteiger partial charge in [0, 0.05) is 17.0 Å². The van der Waals surface area contributed by atoms with Gasteiger partial charge in [-0.05, 0) is 37.1 Å². The van der Waals surface area contributed by atoms with Gasteiger partial charge < -0.3 is 9.47 Å². The molecule has 3 nitrogen and oxygen atoms in total. The van der Waals surface area contributed by atoms with Crippen LogP contribution in [0.15, 0.2) is 72.8 Å². The van der Waals surface area contributed by atoms with Gasteiger partial charge in [0.2, 0.25) is 0 Å². The molecule has 1 unspecified atom stereocenters. The van der Waals surface area contributed by atoms with E-state index in [9.17, 15) is 4.79 Å². The summed E-state index contributed by atoms with van der Waals surface area (Å²) in [6.07, 6.45) is 0. The first-order chi connectivity index (χ1) is 13.0. The summed E-state index contributed by atoms with van der Waals surface area (Å²) >= 11 is 0. The highest BCUT2D eigenvalue weighted by atomic mass is 16.5. The minimum absolute atomic E-state index is 0.118. The second-order valence-corrected chi connectivity index (χ2v) is 7.41. The number of carbonyl (C=O) groups is 1. The van der Waals surface area contributed by atoms with E-state index in [1.807, 2.05) is 74.5 Å². The van der Waals surface area contributed by atoms with Crippen LogP contribution in [0.4, 0.5) is 0 Å². The minimum atomic E-state index is -0.686. The fourth-order valence-corrected chi connectivity index (χ4v) is 3.87. The molecule has 0 bridgehead atoms. The van der Waals surface area contributed by atoms with E-state index >= 15 is 0 Å². The molecule has 1 heterocycles. The van der Waals surface area contributed by atoms with Crippen LogP contribution in [-0.4, -0.2) is 13.1 Å². The van der Waals surface area contributed by atoms with Crippen molar-refractivity contribution in [2.75, 3.05) is 7.11 Å². The fraction of sp³-hybridized carbons (Fsp3) is 0.208. The van der Waals surface area contributed by atoms with Crippen LogP contribution in [-0.2, 0) is 4.79 Å². The normalized spacial score (nSPS) is 17.7. The predicted octanol–water partition coefficient (Wildman–Crippen LogP) is 5.44. The number of ether oxygens (including phenoxy) is 2. The molecular weight excluding hydrogens is 336 g/mol. The molecule has 0 amide bonds. The van der Waals surface area contributed by atoms with Gasteiger partial charge in [-0.3, -0.25) is 4.79 Å². The van der Waals surface area contributed by atoms with Crippen LogP contribution in [0.1, 0.15) is 30.9 Å². The molecule has 3 aromatic carbocycles. The Morgan fingerprint density at radius 3 is 2.19 bits per heavy atom. The van der Waals surface area contributed by atoms with Crippen LogP contribution in [0, 0.1) is 5.41 Å². The summed E-state index contributed by atoms with van der Waals surface area (Å²) in [5, 5.41) is 0. The summed E-state index contributed by atoms with van der Waals surface area (Å²) < 4.78 is 11.5. The molecule has 4 rings (SSSR count). The van der Waals surface area contributed by atoms with Gasteiger partial charge >= 0.3 is 5.97 Å². The molecule has 0 fully saturated rings. The summed E-state index contributed by atoms with van der Waals surface area (Å²) in [6.45, 7) is 3.88. The summed E-state index contributed by atoms with van der Waals surface area (Å²) in [7, 11) is 1.66. The number of hydrogen-bond acceptors (Lipinski definition) is 3. The molecule has 0 saturated heterocycles. The van der Waals surface area contributed by atoms with Gasteiger partial charge in [-0.1, -0.05) is 60.7 Å². The zero-order chi connectivity index (χ0) is 19.0. The van der Waals surface area contributed by atoms with Gasteiger partial charge in [0.05, 0.1) is 12.5 Å². The number of rotatable bonds is 3. The van der Waals surface area contributed by atoms with Crippen molar-refractivity contribution in [2.45, 2.75) is 19.8 Å². The Bertz CT molecular complexity index is 975. The Hall–Kier alpha value is -3.07. The first-order valence-electron chi connectivity index (χ1n) is 9.07. The summed E-state index contributed by atoms with van der Waals surface area (Å²) in [5.41, 5.74) is 3.24. The molecule has 0 aliphatic carbocycles. The van der Waals surface area contributed by atoms with Gasteiger partial charge in [0.15, 0.2) is 0 Å². The topological polar surface area (TPSA) is 35.5 Å². The Kier molecular flexibility index (Phi) is 4.23. The largest absolute Gasteiger partial charge is 0.497 e. The molecule has 1 aliphatic rings. The van der Waals surface area contributed by atoms with E-state index in [-0.39, 0.29) is 11.9 Å². The van der Waals surface area contributed by atoms with Gasteiger partial charge in [-0.25, -0.2) is 0 Å². The van der Waals surface area contributed by atoms with Crippen molar-refractivity contribution in [1.82, 2.24) is 0 Å². The number of methoxy groups -OCH3 is 1. The van der Waals surface area contributed by atoms with Gasteiger partial charge in [0.25, 0.3) is 0 Å². The molecule has 27 heavy (non-hydrogen) atoms. The van der Waals surface area contributed by atoms with Crippen molar-refractivity contribution in [1.29, 1.82) is 0 Å². The summed E-state index contributed by atoms with van der Waals surface area (Å²) in [5.74, 6) is 1.04. The number of carbonyl (C=O) groups excluding carboxylic acids is 1. The molecule has 3 heteroatoms. The quantitative estimate of drug-likeness (QED) is 0.462. The summed E-state index contributed by atoms with van der Waals surface area (Å²) in [4.78, 5) is 12.9. The number of fused-ring (bicyclic) bond motifs is 1. The Morgan fingerprint density at radius 1 is 0.926 bits per heavy atom. The van der Waals surface area contributed by atoms with E-state index in [2.05, 4.69) is 12.1 Å². The van der Waals surface area contributed by atoms with E-state index < -0.39 is 5.41 Å². The average Bonchev–Trinajstić information content (AvgIpc) is 2.69. The lowest BCUT2D eigenvalue weighted by Crippen LogP contribution is -2.39. The molecule has 0 saturated carbocycles. The summed E-state index contributed by atoms with van der Waals surface area (Å²) in [6, 6.07) is 24.0. The maximum Gasteiger partial charge on any atom is 0.317 e. The van der Waals surface area contributed by atoms with Crippen molar-refractivity contribution >= 4 is 5.97 Å². The van der Waals surface area contributed by atoms with E-state index in [4.69, 9.17) is 9.47 Å². The maximum absolute atomic E-state index is 12.9. The highest BCUT2D eigenvalue weighted by Crippen LogP contribution is 2.52. The highest BCUT2D eigenvalue weighted by molar-refractivity contribution is 5.88. The first kappa shape index (κ1) is 17.3. The van der Waals surface area contributed by atoms with Gasteiger partial charge in [-0.2, -0.15) is 0 Å². The number of hydrogen-bond donors (Lipinski definition) is 0. The van der Waals surface area contributed by atoms with Gasteiger partial charge in [0.1, 0.15) is 11.5 Å². The van der Waals surface area contributed by atoms with Crippen molar-refractivity contribution < 1.29 is 14.3 Å². The molecule has 0 radical (unpaired) electrons. The smallest absolute Gasteiger partial charge is 0.317 e. The zero-order valence-corrected chi connectivity index (χ0v) is 15.7. The highest BCUT2D eigenvalue weighted by Gasteiger charge is 2.46. The van der Waals surface area contributed by atoms with Crippen LogP contribution in [0.3, 0.4) is 0 Å². The molecule has 136 valence electrons. The zero-order valence-electron chi connectivity index (χ0n) is 15.7. The molecule has 1 atom stereocenters. The average molecular weight is 358 g/mol. The lowest BCUT2D eigenvalue weighted by molar-refractivity contribution is -0.146. The van der Waals surface area contributed by atoms with Crippen molar-refractivity contribution in [3.8, 4) is 22.6 Å². The third kappa shape index (κ3) is 2.89. The SMILES string of the molecule is COc1cc(-c2ccccc2)c2c(c1)C(c1ccccc1)C(C)(C)C(=O)O2. The lowest BCUT2D eigenvalue weighted by Gasteiger charge is -2.39. The van der Waals surface area contributed by atoms with Crippen molar-refractivity contribution in [3.63, 3.8) is 0 Å². The number of esters is 1. The van der Waals surface area contributed by atoms with E-state index in [1.165, 1.54) is 0 Å². The fourth-order valence-electron chi connectivity index (χ4n) is 3.87. The molecule has 0 spiro atoms. The molecule has 0 aromatic heterocycles. The lowest BCUT2D eigenvalue weighted by atomic mass is 9.69. The van der Waals surface area contributed by atoms with Crippen LogP contribution < -0.4 is 9.47 Å². The Labute approximate surface area is 159 Å². The monoisotopic (exact) mass is 358 g/mol. The van der Waals surface area contributed by atoms with Crippen molar-refractivity contribution in [2.24, 2.45) is 5.41 Å².